The highest BCUT2D eigenvalue weighted by molar-refractivity contribution is 9.11. The molecule has 1 aliphatic carbocycles. The van der Waals surface area contributed by atoms with Crippen LogP contribution < -0.4 is 0 Å². The van der Waals surface area contributed by atoms with E-state index in [0.717, 1.165) is 0 Å². The lowest BCUT2D eigenvalue weighted by Gasteiger charge is -2.15. The molecule has 0 nitrogen and oxygen atoms in total. The smallest absolute Gasteiger partial charge is 0.0412 e. The summed E-state index contributed by atoms with van der Waals surface area (Å²) in [6.45, 7) is 4.28. The number of benzene rings is 2. The Balaban J connectivity index is 2.12. The zero-order chi connectivity index (χ0) is 12.7. The molecule has 1 unspecified atom stereocenters. The fourth-order valence-electron chi connectivity index (χ4n) is 2.55. The molecule has 18 heavy (non-hydrogen) atoms. The lowest BCUT2D eigenvalue weighted by atomic mass is 9.91. The molecule has 0 saturated carbocycles. The number of hydrogen-bond donors (Lipinski definition) is 0. The Labute approximate surface area is 116 Å². The van der Waals surface area contributed by atoms with Crippen LogP contribution in [0.4, 0.5) is 0 Å². The third-order valence-electron chi connectivity index (χ3n) is 3.53. The van der Waals surface area contributed by atoms with Crippen LogP contribution in [-0.4, -0.2) is 0 Å². The lowest BCUT2D eigenvalue weighted by molar-refractivity contribution is 1.03. The van der Waals surface area contributed by atoms with E-state index in [4.69, 9.17) is 0 Å². The largest absolute Gasteiger partial charge is 0.0590 e. The molecule has 0 bridgehead atoms. The van der Waals surface area contributed by atoms with E-state index in [2.05, 4.69) is 78.3 Å². The molecule has 0 amide bonds. The number of fused-ring (bicyclic) bond motifs is 1. The third kappa shape index (κ3) is 1.93. The maximum Gasteiger partial charge on any atom is 0.0412 e. The lowest BCUT2D eigenvalue weighted by Crippen LogP contribution is -1.98. The fourth-order valence-corrected chi connectivity index (χ4v) is 3.31. The second-order valence-electron chi connectivity index (χ2n) is 5.01. The standard InChI is InChI=1S/C17H15Br/c1-11-3-6-13(7-4-11)17-15-9-12(2)5-8-14(15)10-16(17)18/h3-10,17H,1-2H3. The van der Waals surface area contributed by atoms with E-state index < -0.39 is 0 Å². The number of hydrogen-bond acceptors (Lipinski definition) is 0. The van der Waals surface area contributed by atoms with Gasteiger partial charge in [-0.25, -0.2) is 0 Å². The van der Waals surface area contributed by atoms with Crippen molar-refractivity contribution in [1.29, 1.82) is 0 Å². The van der Waals surface area contributed by atoms with Crippen molar-refractivity contribution in [3.8, 4) is 0 Å². The molecule has 0 N–H and O–H groups in total. The maximum atomic E-state index is 3.73. The van der Waals surface area contributed by atoms with Gasteiger partial charge in [-0.15, -0.1) is 0 Å². The monoisotopic (exact) mass is 298 g/mol. The van der Waals surface area contributed by atoms with Gasteiger partial charge in [0.05, 0.1) is 0 Å². The minimum atomic E-state index is 0.362. The van der Waals surface area contributed by atoms with Crippen molar-refractivity contribution in [2.75, 3.05) is 0 Å². The Morgan fingerprint density at radius 2 is 1.56 bits per heavy atom. The van der Waals surface area contributed by atoms with Crippen LogP contribution in [-0.2, 0) is 0 Å². The zero-order valence-corrected chi connectivity index (χ0v) is 12.2. The zero-order valence-electron chi connectivity index (χ0n) is 10.6. The quantitative estimate of drug-likeness (QED) is 0.680. The first-order valence-electron chi connectivity index (χ1n) is 6.19. The predicted molar refractivity (Wildman–Crippen MR) is 81.1 cm³/mol. The van der Waals surface area contributed by atoms with Crippen LogP contribution in [0.5, 0.6) is 0 Å². The highest BCUT2D eigenvalue weighted by atomic mass is 79.9. The van der Waals surface area contributed by atoms with Crippen LogP contribution in [0.15, 0.2) is 46.9 Å². The molecule has 2 aromatic carbocycles. The van der Waals surface area contributed by atoms with Crippen molar-refractivity contribution in [3.05, 3.63) is 74.8 Å². The van der Waals surface area contributed by atoms with Gasteiger partial charge in [-0.1, -0.05) is 69.5 Å². The number of rotatable bonds is 1. The average molecular weight is 299 g/mol. The molecule has 0 aliphatic heterocycles. The Morgan fingerprint density at radius 3 is 2.28 bits per heavy atom. The van der Waals surface area contributed by atoms with Crippen LogP contribution in [0.25, 0.3) is 6.08 Å². The molecule has 2 aromatic rings. The van der Waals surface area contributed by atoms with E-state index in [-0.39, 0.29) is 0 Å². The molecule has 1 aliphatic rings. The summed E-state index contributed by atoms with van der Waals surface area (Å²) in [5, 5.41) is 0. The van der Waals surface area contributed by atoms with Crippen LogP contribution in [0.2, 0.25) is 0 Å². The molecule has 0 fully saturated rings. The minimum absolute atomic E-state index is 0.362. The maximum absolute atomic E-state index is 3.73. The van der Waals surface area contributed by atoms with E-state index >= 15 is 0 Å². The van der Waals surface area contributed by atoms with E-state index in [1.807, 2.05) is 0 Å². The van der Waals surface area contributed by atoms with Crippen LogP contribution in [0, 0.1) is 13.8 Å². The highest BCUT2D eigenvalue weighted by Gasteiger charge is 2.25. The minimum Gasteiger partial charge on any atom is -0.0590 e. The molecule has 0 spiro atoms. The van der Waals surface area contributed by atoms with Gasteiger partial charge in [-0.2, -0.15) is 0 Å². The molecule has 90 valence electrons. The fraction of sp³-hybridized carbons (Fsp3) is 0.176. The molecule has 0 aromatic heterocycles. The van der Waals surface area contributed by atoms with Gasteiger partial charge in [0.25, 0.3) is 0 Å². The molecule has 0 heterocycles. The molecule has 1 atom stereocenters. The Bertz CT molecular complexity index is 621. The van der Waals surface area contributed by atoms with Crippen molar-refractivity contribution >= 4 is 22.0 Å². The van der Waals surface area contributed by atoms with Gasteiger partial charge in [0, 0.05) is 10.4 Å². The van der Waals surface area contributed by atoms with E-state index in [1.165, 1.54) is 32.3 Å². The summed E-state index contributed by atoms with van der Waals surface area (Å²) in [4.78, 5) is 0. The van der Waals surface area contributed by atoms with E-state index in [0.29, 0.717) is 5.92 Å². The summed E-state index contributed by atoms with van der Waals surface area (Å²) in [5.41, 5.74) is 6.72. The molecule has 3 rings (SSSR count). The number of allylic oxidation sites excluding steroid dienone is 1. The van der Waals surface area contributed by atoms with Crippen LogP contribution in [0.1, 0.15) is 33.7 Å². The molecule has 1 heteroatoms. The third-order valence-corrected chi connectivity index (χ3v) is 4.22. The first-order valence-corrected chi connectivity index (χ1v) is 6.98. The van der Waals surface area contributed by atoms with Crippen molar-refractivity contribution < 1.29 is 0 Å². The Morgan fingerprint density at radius 1 is 0.889 bits per heavy atom. The summed E-state index contributed by atoms with van der Waals surface area (Å²) in [7, 11) is 0. The molecular formula is C17H15Br. The first-order chi connectivity index (χ1) is 8.65. The van der Waals surface area contributed by atoms with Gasteiger partial charge in [0.2, 0.25) is 0 Å². The molecular weight excluding hydrogens is 284 g/mol. The topological polar surface area (TPSA) is 0 Å². The van der Waals surface area contributed by atoms with Gasteiger partial charge in [0.1, 0.15) is 0 Å². The number of aryl methyl sites for hydroxylation is 2. The van der Waals surface area contributed by atoms with Gasteiger partial charge in [-0.05, 0) is 36.6 Å². The van der Waals surface area contributed by atoms with Crippen molar-refractivity contribution in [1.82, 2.24) is 0 Å². The summed E-state index contributed by atoms with van der Waals surface area (Å²) in [5.74, 6) is 0.362. The van der Waals surface area contributed by atoms with Crippen molar-refractivity contribution in [2.45, 2.75) is 19.8 Å². The van der Waals surface area contributed by atoms with Crippen molar-refractivity contribution in [2.24, 2.45) is 0 Å². The van der Waals surface area contributed by atoms with Crippen molar-refractivity contribution in [3.63, 3.8) is 0 Å². The number of halogens is 1. The summed E-state index contributed by atoms with van der Waals surface area (Å²) in [6, 6.07) is 15.5. The summed E-state index contributed by atoms with van der Waals surface area (Å²) >= 11 is 3.73. The Kier molecular flexibility index (Phi) is 2.87. The SMILES string of the molecule is Cc1ccc(C2C(Br)=Cc3ccc(C)cc32)cc1. The summed E-state index contributed by atoms with van der Waals surface area (Å²) < 4.78 is 1.26. The van der Waals surface area contributed by atoms with Gasteiger partial charge >= 0.3 is 0 Å². The average Bonchev–Trinajstić information content (AvgIpc) is 2.66. The summed E-state index contributed by atoms with van der Waals surface area (Å²) in [6.07, 6.45) is 2.24. The van der Waals surface area contributed by atoms with Gasteiger partial charge < -0.3 is 0 Å². The molecule has 0 radical (unpaired) electrons. The van der Waals surface area contributed by atoms with Gasteiger partial charge in [-0.3, -0.25) is 0 Å². The second-order valence-corrected chi connectivity index (χ2v) is 5.92. The van der Waals surface area contributed by atoms with Crippen LogP contribution in [0.3, 0.4) is 0 Å². The first kappa shape index (κ1) is 11.7. The van der Waals surface area contributed by atoms with Gasteiger partial charge in [0.15, 0.2) is 0 Å². The Hall–Kier alpha value is -1.34. The highest BCUT2D eigenvalue weighted by Crippen LogP contribution is 2.43. The van der Waals surface area contributed by atoms with Crippen LogP contribution >= 0.6 is 15.9 Å². The van der Waals surface area contributed by atoms with E-state index in [9.17, 15) is 0 Å². The van der Waals surface area contributed by atoms with E-state index in [1.54, 1.807) is 0 Å². The predicted octanol–water partition coefficient (Wildman–Crippen LogP) is 5.18. The second kappa shape index (κ2) is 4.40. The molecule has 0 saturated heterocycles. The normalized spacial score (nSPS) is 17.5.